The van der Waals surface area contributed by atoms with Crippen LogP contribution in [0.1, 0.15) is 26.6 Å². The average Bonchev–Trinajstić information content (AvgIpc) is 2.68. The highest BCUT2D eigenvalue weighted by Gasteiger charge is 2.24. The Bertz CT molecular complexity index is 636. The van der Waals surface area contributed by atoms with Gasteiger partial charge in [0.15, 0.2) is 0 Å². The molecule has 0 aliphatic rings. The molecule has 0 bridgehead atoms. The van der Waals surface area contributed by atoms with Crippen LogP contribution in [-0.4, -0.2) is 9.55 Å². The molecule has 0 spiro atoms. The van der Waals surface area contributed by atoms with Crippen molar-refractivity contribution in [1.82, 2.24) is 9.55 Å². The molecule has 2 aromatic rings. The second kappa shape index (κ2) is 5.33. The van der Waals surface area contributed by atoms with Crippen LogP contribution in [-0.2, 0) is 12.0 Å². The molecule has 1 aromatic heterocycles. The van der Waals surface area contributed by atoms with Crippen LogP contribution in [0.25, 0.3) is 11.3 Å². The number of anilines is 1. The summed E-state index contributed by atoms with van der Waals surface area (Å²) in [5, 5.41) is 0.678. The molecular weight excluding hydrogens is 270 g/mol. The zero-order chi connectivity index (χ0) is 14.9. The minimum absolute atomic E-state index is 0.0893. The van der Waals surface area contributed by atoms with Crippen LogP contribution in [0.4, 0.5) is 5.82 Å². The first kappa shape index (κ1) is 14.7. The van der Waals surface area contributed by atoms with Crippen molar-refractivity contribution < 1.29 is 0 Å². The summed E-state index contributed by atoms with van der Waals surface area (Å²) >= 11 is 6.05. The number of aromatic nitrogens is 2. The topological polar surface area (TPSA) is 43.8 Å². The molecule has 0 fully saturated rings. The lowest BCUT2D eigenvalue weighted by molar-refractivity contribution is 0.515. The van der Waals surface area contributed by atoms with Gasteiger partial charge >= 0.3 is 0 Å². The number of nitrogens with zero attached hydrogens (tertiary/aromatic N) is 2. The van der Waals surface area contributed by atoms with Crippen molar-refractivity contribution in [2.24, 2.45) is 0 Å². The number of hydrogen-bond acceptors (Lipinski definition) is 2. The molecule has 2 N–H and O–H groups in total. The summed E-state index contributed by atoms with van der Waals surface area (Å²) in [4.78, 5) is 4.74. The fourth-order valence-electron chi connectivity index (χ4n) is 2.20. The van der Waals surface area contributed by atoms with Crippen LogP contribution < -0.4 is 5.73 Å². The van der Waals surface area contributed by atoms with Crippen LogP contribution >= 0.6 is 11.6 Å². The molecule has 0 aliphatic carbocycles. The molecule has 20 heavy (non-hydrogen) atoms. The number of hydrogen-bond donors (Lipinski definition) is 1. The second-order valence-electron chi connectivity index (χ2n) is 5.83. The van der Waals surface area contributed by atoms with Crippen molar-refractivity contribution in [2.75, 3.05) is 5.73 Å². The van der Waals surface area contributed by atoms with E-state index in [9.17, 15) is 0 Å². The summed E-state index contributed by atoms with van der Waals surface area (Å²) in [6, 6.07) is 7.59. The lowest BCUT2D eigenvalue weighted by Gasteiger charge is -2.19. The van der Waals surface area contributed by atoms with Crippen molar-refractivity contribution in [1.29, 1.82) is 0 Å². The van der Waals surface area contributed by atoms with Gasteiger partial charge in [0, 0.05) is 22.5 Å². The van der Waals surface area contributed by atoms with E-state index in [4.69, 9.17) is 22.3 Å². The van der Waals surface area contributed by atoms with E-state index in [-0.39, 0.29) is 5.41 Å². The summed E-state index contributed by atoms with van der Waals surface area (Å²) in [6.07, 6.45) is 1.83. The highest BCUT2D eigenvalue weighted by Crippen LogP contribution is 2.32. The first-order chi connectivity index (χ1) is 9.34. The Morgan fingerprint density at radius 2 is 2.10 bits per heavy atom. The van der Waals surface area contributed by atoms with Gasteiger partial charge in [0.05, 0.1) is 0 Å². The molecule has 2 rings (SSSR count). The number of halogens is 1. The number of allylic oxidation sites excluding steroid dienone is 1. The molecule has 0 aliphatic heterocycles. The van der Waals surface area contributed by atoms with E-state index in [1.54, 1.807) is 0 Å². The van der Waals surface area contributed by atoms with Crippen molar-refractivity contribution >= 4 is 17.4 Å². The molecule has 0 atom stereocenters. The quantitative estimate of drug-likeness (QED) is 0.858. The molecule has 3 nitrogen and oxygen atoms in total. The predicted molar refractivity (Wildman–Crippen MR) is 86.0 cm³/mol. The Kier molecular flexibility index (Phi) is 3.91. The van der Waals surface area contributed by atoms with Gasteiger partial charge in [0.25, 0.3) is 0 Å². The van der Waals surface area contributed by atoms with Crippen LogP contribution in [0.3, 0.4) is 0 Å². The maximum atomic E-state index is 6.28. The molecule has 0 amide bonds. The summed E-state index contributed by atoms with van der Waals surface area (Å²) in [5.41, 5.74) is 7.90. The van der Waals surface area contributed by atoms with E-state index in [0.29, 0.717) is 17.4 Å². The van der Waals surface area contributed by atoms with Crippen molar-refractivity contribution in [3.05, 3.63) is 47.8 Å². The van der Waals surface area contributed by atoms with Gasteiger partial charge in [-0.1, -0.05) is 50.6 Å². The third-order valence-electron chi connectivity index (χ3n) is 3.09. The van der Waals surface area contributed by atoms with E-state index < -0.39 is 0 Å². The fraction of sp³-hybridized carbons (Fsp3) is 0.312. The molecular formula is C16H20ClN3. The van der Waals surface area contributed by atoms with Gasteiger partial charge < -0.3 is 10.3 Å². The number of imidazole rings is 1. The highest BCUT2D eigenvalue weighted by molar-refractivity contribution is 6.30. The van der Waals surface area contributed by atoms with Gasteiger partial charge in [-0.15, -0.1) is 6.58 Å². The molecule has 0 saturated heterocycles. The Morgan fingerprint density at radius 3 is 2.65 bits per heavy atom. The Labute approximate surface area is 125 Å². The van der Waals surface area contributed by atoms with Crippen LogP contribution in [0.5, 0.6) is 0 Å². The SMILES string of the molecule is C=CCn1c(C(C)(C)C)nc(-c2cccc(Cl)c2)c1N. The maximum absolute atomic E-state index is 6.28. The van der Waals surface area contributed by atoms with Gasteiger partial charge in [-0.2, -0.15) is 0 Å². The number of benzene rings is 1. The van der Waals surface area contributed by atoms with E-state index >= 15 is 0 Å². The first-order valence-electron chi connectivity index (χ1n) is 6.58. The van der Waals surface area contributed by atoms with Crippen molar-refractivity contribution in [2.45, 2.75) is 32.7 Å². The van der Waals surface area contributed by atoms with E-state index in [2.05, 4.69) is 27.4 Å². The van der Waals surface area contributed by atoms with Crippen LogP contribution in [0.15, 0.2) is 36.9 Å². The third kappa shape index (κ3) is 2.73. The standard InChI is InChI=1S/C16H20ClN3/c1-5-9-20-14(18)13(19-15(20)16(2,3)4)11-7-6-8-12(17)10-11/h5-8,10H,1,9,18H2,2-4H3. The number of nitrogen functional groups attached to an aromatic ring is 1. The van der Waals surface area contributed by atoms with Gasteiger partial charge in [-0.25, -0.2) is 4.98 Å². The normalized spacial score (nSPS) is 11.6. The largest absolute Gasteiger partial charge is 0.383 e. The van der Waals surface area contributed by atoms with Gasteiger partial charge in [0.2, 0.25) is 0 Å². The lowest BCUT2D eigenvalue weighted by Crippen LogP contribution is -2.19. The van der Waals surface area contributed by atoms with E-state index in [1.165, 1.54) is 0 Å². The van der Waals surface area contributed by atoms with Gasteiger partial charge in [-0.05, 0) is 12.1 Å². The van der Waals surface area contributed by atoms with Crippen LogP contribution in [0.2, 0.25) is 5.02 Å². The van der Waals surface area contributed by atoms with E-state index in [1.807, 2.05) is 34.9 Å². The predicted octanol–water partition coefficient (Wildman–Crippen LogP) is 4.27. The molecule has 106 valence electrons. The summed E-state index contributed by atoms with van der Waals surface area (Å²) in [7, 11) is 0. The average molecular weight is 290 g/mol. The van der Waals surface area contributed by atoms with Gasteiger partial charge in [0.1, 0.15) is 17.3 Å². The molecule has 0 unspecified atom stereocenters. The minimum Gasteiger partial charge on any atom is -0.383 e. The van der Waals surface area contributed by atoms with E-state index in [0.717, 1.165) is 17.1 Å². The third-order valence-corrected chi connectivity index (χ3v) is 3.32. The number of rotatable bonds is 3. The smallest absolute Gasteiger partial charge is 0.132 e. The van der Waals surface area contributed by atoms with Crippen molar-refractivity contribution in [3.8, 4) is 11.3 Å². The van der Waals surface area contributed by atoms with Gasteiger partial charge in [-0.3, -0.25) is 0 Å². The first-order valence-corrected chi connectivity index (χ1v) is 6.95. The molecule has 1 heterocycles. The fourth-order valence-corrected chi connectivity index (χ4v) is 2.39. The minimum atomic E-state index is -0.0893. The monoisotopic (exact) mass is 289 g/mol. The zero-order valence-corrected chi connectivity index (χ0v) is 12.9. The zero-order valence-electron chi connectivity index (χ0n) is 12.2. The second-order valence-corrected chi connectivity index (χ2v) is 6.27. The maximum Gasteiger partial charge on any atom is 0.132 e. The molecule has 0 saturated carbocycles. The molecule has 0 radical (unpaired) electrons. The Hall–Kier alpha value is -1.74. The lowest BCUT2D eigenvalue weighted by atomic mass is 9.95. The summed E-state index contributed by atoms with van der Waals surface area (Å²) < 4.78 is 2.00. The number of nitrogens with two attached hydrogens (primary N) is 1. The highest BCUT2D eigenvalue weighted by atomic mass is 35.5. The molecule has 4 heteroatoms. The molecule has 1 aromatic carbocycles. The van der Waals surface area contributed by atoms with Crippen LogP contribution in [0, 0.1) is 0 Å². The van der Waals surface area contributed by atoms with Crippen molar-refractivity contribution in [3.63, 3.8) is 0 Å². The Balaban J connectivity index is 2.64. The summed E-state index contributed by atoms with van der Waals surface area (Å²) in [5.74, 6) is 1.60. The summed E-state index contributed by atoms with van der Waals surface area (Å²) in [6.45, 7) is 10.8. The Morgan fingerprint density at radius 1 is 1.40 bits per heavy atom.